The lowest BCUT2D eigenvalue weighted by Gasteiger charge is -2.02. The van der Waals surface area contributed by atoms with Crippen LogP contribution in [0.3, 0.4) is 0 Å². The van der Waals surface area contributed by atoms with Crippen molar-refractivity contribution in [2.45, 2.75) is 6.92 Å². The van der Waals surface area contributed by atoms with Gasteiger partial charge in [0.05, 0.1) is 5.69 Å². The van der Waals surface area contributed by atoms with E-state index >= 15 is 0 Å². The largest absolute Gasteiger partial charge is 0.404 e. The molecule has 0 aliphatic rings. The molecule has 1 aromatic rings. The van der Waals surface area contributed by atoms with Crippen LogP contribution in [0.4, 0.5) is 0 Å². The number of hydrogen-bond donors (Lipinski definition) is 1. The van der Waals surface area contributed by atoms with E-state index in [0.29, 0.717) is 0 Å². The van der Waals surface area contributed by atoms with Gasteiger partial charge in [0.15, 0.2) is 0 Å². The van der Waals surface area contributed by atoms with Crippen LogP contribution in [-0.4, -0.2) is 18.2 Å². The second kappa shape index (κ2) is 4.40. The molecule has 0 amide bonds. The smallest absolute Gasteiger partial charge is 0.0760 e. The lowest BCUT2D eigenvalue weighted by atomic mass is 10.1. The quantitative estimate of drug-likeness (QED) is 0.690. The maximum absolute atomic E-state index is 5.47. The predicted octanol–water partition coefficient (Wildman–Crippen LogP) is 1.39. The molecule has 1 aromatic heterocycles. The summed E-state index contributed by atoms with van der Waals surface area (Å²) in [6.07, 6.45) is 4.97. The van der Waals surface area contributed by atoms with Crippen molar-refractivity contribution in [1.82, 2.24) is 4.98 Å². The zero-order valence-corrected chi connectivity index (χ0v) is 7.86. The average molecular weight is 175 g/mol. The van der Waals surface area contributed by atoms with E-state index in [9.17, 15) is 0 Å². The third-order valence-corrected chi connectivity index (χ3v) is 1.73. The van der Waals surface area contributed by atoms with E-state index in [2.05, 4.69) is 9.98 Å². The molecule has 1 rings (SSSR count). The van der Waals surface area contributed by atoms with Crippen LogP contribution in [0.2, 0.25) is 0 Å². The van der Waals surface area contributed by atoms with Gasteiger partial charge in [0.25, 0.3) is 0 Å². The van der Waals surface area contributed by atoms with Crippen molar-refractivity contribution < 1.29 is 0 Å². The normalized spacial score (nSPS) is 12.3. The molecule has 0 aromatic carbocycles. The topological polar surface area (TPSA) is 51.3 Å². The first-order valence-electron chi connectivity index (χ1n) is 4.05. The highest BCUT2D eigenvalue weighted by atomic mass is 14.7. The molecular weight excluding hydrogens is 162 g/mol. The number of nitrogens with zero attached hydrogens (tertiary/aromatic N) is 2. The average Bonchev–Trinajstić information content (AvgIpc) is 2.16. The van der Waals surface area contributed by atoms with E-state index in [1.54, 1.807) is 19.5 Å². The number of aromatic nitrogens is 1. The Kier molecular flexibility index (Phi) is 3.20. The van der Waals surface area contributed by atoms with Crippen molar-refractivity contribution in [3.63, 3.8) is 0 Å². The molecule has 0 atom stereocenters. The molecule has 0 aliphatic carbocycles. The summed E-state index contributed by atoms with van der Waals surface area (Å²) in [5, 5.41) is 0. The molecule has 13 heavy (non-hydrogen) atoms. The van der Waals surface area contributed by atoms with Crippen LogP contribution >= 0.6 is 0 Å². The highest BCUT2D eigenvalue weighted by molar-refractivity contribution is 6.09. The summed E-state index contributed by atoms with van der Waals surface area (Å²) in [5.74, 6) is 0. The molecule has 3 heteroatoms. The van der Waals surface area contributed by atoms with Gasteiger partial charge in [0.2, 0.25) is 0 Å². The summed E-state index contributed by atoms with van der Waals surface area (Å²) >= 11 is 0. The molecular formula is C10H13N3. The van der Waals surface area contributed by atoms with Gasteiger partial charge < -0.3 is 5.73 Å². The molecule has 3 nitrogen and oxygen atoms in total. The number of nitrogens with two attached hydrogens (primary N) is 1. The van der Waals surface area contributed by atoms with Crippen LogP contribution in [0.5, 0.6) is 0 Å². The summed E-state index contributed by atoms with van der Waals surface area (Å²) in [4.78, 5) is 8.14. The van der Waals surface area contributed by atoms with Gasteiger partial charge in [0.1, 0.15) is 0 Å². The van der Waals surface area contributed by atoms with Crippen molar-refractivity contribution in [3.8, 4) is 0 Å². The van der Waals surface area contributed by atoms with Crippen molar-refractivity contribution in [3.05, 3.63) is 35.8 Å². The highest BCUT2D eigenvalue weighted by Crippen LogP contribution is 2.12. The Morgan fingerprint density at radius 1 is 1.62 bits per heavy atom. The van der Waals surface area contributed by atoms with E-state index < -0.39 is 0 Å². The molecule has 0 unspecified atom stereocenters. The van der Waals surface area contributed by atoms with Crippen LogP contribution in [0.15, 0.2) is 29.5 Å². The molecule has 0 saturated carbocycles. The first kappa shape index (κ1) is 9.45. The molecule has 1 heterocycles. The zero-order valence-electron chi connectivity index (χ0n) is 7.86. The van der Waals surface area contributed by atoms with E-state index in [0.717, 1.165) is 16.8 Å². The Morgan fingerprint density at radius 3 is 2.92 bits per heavy atom. The van der Waals surface area contributed by atoms with Crippen molar-refractivity contribution >= 4 is 11.8 Å². The van der Waals surface area contributed by atoms with Crippen LogP contribution in [0, 0.1) is 6.92 Å². The zero-order chi connectivity index (χ0) is 9.68. The van der Waals surface area contributed by atoms with E-state index in [1.807, 2.05) is 19.1 Å². The van der Waals surface area contributed by atoms with Gasteiger partial charge in [-0.15, -0.1) is 0 Å². The Labute approximate surface area is 78.0 Å². The third-order valence-electron chi connectivity index (χ3n) is 1.73. The summed E-state index contributed by atoms with van der Waals surface area (Å²) in [7, 11) is 1.71. The maximum atomic E-state index is 5.47. The minimum atomic E-state index is 0.848. The second-order valence-electron chi connectivity index (χ2n) is 2.68. The molecule has 68 valence electrons. The van der Waals surface area contributed by atoms with Crippen molar-refractivity contribution in [2.24, 2.45) is 10.7 Å². The number of pyridine rings is 1. The van der Waals surface area contributed by atoms with Crippen LogP contribution in [-0.2, 0) is 0 Å². The Hall–Kier alpha value is -1.64. The summed E-state index contributed by atoms with van der Waals surface area (Å²) in [6.45, 7) is 2.00. The highest BCUT2D eigenvalue weighted by Gasteiger charge is 2.01. The lowest BCUT2D eigenvalue weighted by Crippen LogP contribution is -1.96. The third kappa shape index (κ3) is 2.15. The van der Waals surface area contributed by atoms with Crippen LogP contribution < -0.4 is 5.73 Å². The number of aliphatic imine (C=N–C) groups is 1. The van der Waals surface area contributed by atoms with Crippen molar-refractivity contribution in [1.29, 1.82) is 0 Å². The van der Waals surface area contributed by atoms with Gasteiger partial charge in [-0.3, -0.25) is 9.98 Å². The summed E-state index contributed by atoms with van der Waals surface area (Å²) in [6, 6.07) is 3.89. The molecule has 0 radical (unpaired) electrons. The minimum Gasteiger partial charge on any atom is -0.404 e. The van der Waals surface area contributed by atoms with Gasteiger partial charge >= 0.3 is 0 Å². The van der Waals surface area contributed by atoms with Crippen LogP contribution in [0.1, 0.15) is 11.3 Å². The van der Waals surface area contributed by atoms with Crippen LogP contribution in [0.25, 0.3) is 5.57 Å². The minimum absolute atomic E-state index is 0.848. The predicted molar refractivity (Wildman–Crippen MR) is 55.6 cm³/mol. The summed E-state index contributed by atoms with van der Waals surface area (Å²) in [5.41, 5.74) is 8.30. The standard InChI is InChI=1S/C10H13N3/c1-8-4-3-5-13-10(8)9(6-11)7-12-2/h3-7H,11H2,1-2H3. The van der Waals surface area contributed by atoms with Gasteiger partial charge in [0, 0.05) is 31.2 Å². The molecule has 0 aliphatic heterocycles. The first-order chi connectivity index (χ1) is 6.29. The Morgan fingerprint density at radius 2 is 2.38 bits per heavy atom. The van der Waals surface area contributed by atoms with E-state index in [4.69, 9.17) is 5.73 Å². The Balaban J connectivity index is 3.13. The number of rotatable bonds is 2. The number of allylic oxidation sites excluding steroid dienone is 1. The first-order valence-corrected chi connectivity index (χ1v) is 4.05. The van der Waals surface area contributed by atoms with Gasteiger partial charge in [-0.1, -0.05) is 6.07 Å². The SMILES string of the molecule is CN=CC(=CN)c1ncccc1C. The molecule has 0 fully saturated rings. The van der Waals surface area contributed by atoms with E-state index in [1.165, 1.54) is 6.20 Å². The lowest BCUT2D eigenvalue weighted by molar-refractivity contribution is 1.22. The molecule has 0 saturated heterocycles. The van der Waals surface area contributed by atoms with Gasteiger partial charge in [-0.2, -0.15) is 0 Å². The van der Waals surface area contributed by atoms with Gasteiger partial charge in [-0.25, -0.2) is 0 Å². The molecule has 0 bridgehead atoms. The Bertz CT molecular complexity index is 340. The number of aryl methyl sites for hydroxylation is 1. The van der Waals surface area contributed by atoms with Gasteiger partial charge in [-0.05, 0) is 18.6 Å². The molecule has 2 N–H and O–H groups in total. The maximum Gasteiger partial charge on any atom is 0.0760 e. The summed E-state index contributed by atoms with van der Waals surface area (Å²) < 4.78 is 0. The fourth-order valence-electron chi connectivity index (χ4n) is 1.11. The number of hydrogen-bond acceptors (Lipinski definition) is 3. The second-order valence-corrected chi connectivity index (χ2v) is 2.68. The molecule has 0 spiro atoms. The fourth-order valence-corrected chi connectivity index (χ4v) is 1.11. The monoisotopic (exact) mass is 175 g/mol. The van der Waals surface area contributed by atoms with E-state index in [-0.39, 0.29) is 0 Å². The fraction of sp³-hybridized carbons (Fsp3) is 0.200. The van der Waals surface area contributed by atoms with Crippen molar-refractivity contribution in [2.75, 3.05) is 7.05 Å².